The van der Waals surface area contributed by atoms with Gasteiger partial charge in [0.25, 0.3) is 0 Å². The monoisotopic (exact) mass is 338 g/mol. The average Bonchev–Trinajstić information content (AvgIpc) is 3.37. The Labute approximate surface area is 140 Å². The maximum Gasteiger partial charge on any atom is 0.224 e. The summed E-state index contributed by atoms with van der Waals surface area (Å²) in [6, 6.07) is 3.20. The van der Waals surface area contributed by atoms with Gasteiger partial charge >= 0.3 is 0 Å². The maximum atomic E-state index is 13.8. The van der Waals surface area contributed by atoms with Crippen LogP contribution in [0.2, 0.25) is 0 Å². The van der Waals surface area contributed by atoms with Crippen molar-refractivity contribution in [1.82, 2.24) is 10.2 Å². The van der Waals surface area contributed by atoms with Crippen molar-refractivity contribution >= 4 is 5.91 Å². The summed E-state index contributed by atoms with van der Waals surface area (Å²) in [6.45, 7) is 2.34. The number of aliphatic hydroxyl groups excluding tert-OH is 1. The van der Waals surface area contributed by atoms with E-state index in [0.29, 0.717) is 12.5 Å². The fourth-order valence-electron chi connectivity index (χ4n) is 3.26. The predicted octanol–water partition coefficient (Wildman–Crippen LogP) is 2.24. The van der Waals surface area contributed by atoms with E-state index >= 15 is 0 Å². The second-order valence-electron chi connectivity index (χ2n) is 6.97. The van der Waals surface area contributed by atoms with Gasteiger partial charge < -0.3 is 10.4 Å². The van der Waals surface area contributed by atoms with E-state index in [2.05, 4.69) is 5.32 Å². The van der Waals surface area contributed by atoms with Gasteiger partial charge in [-0.15, -0.1) is 0 Å². The number of aliphatic hydroxyl groups is 1. The lowest BCUT2D eigenvalue weighted by atomic mass is 9.96. The van der Waals surface area contributed by atoms with E-state index in [1.54, 1.807) is 0 Å². The molecule has 24 heavy (non-hydrogen) atoms. The molecule has 1 amide bonds. The molecule has 2 aliphatic rings. The lowest BCUT2D eigenvalue weighted by molar-refractivity contribution is -0.127. The number of hydrogen-bond acceptors (Lipinski definition) is 3. The first-order valence-electron chi connectivity index (χ1n) is 8.66. The van der Waals surface area contributed by atoms with Crippen LogP contribution in [0.15, 0.2) is 18.2 Å². The number of carbonyl (C=O) groups is 1. The van der Waals surface area contributed by atoms with Gasteiger partial charge in [-0.2, -0.15) is 0 Å². The first-order chi connectivity index (χ1) is 11.5. The third-order valence-corrected chi connectivity index (χ3v) is 4.89. The highest BCUT2D eigenvalue weighted by Gasteiger charge is 2.29. The molecule has 0 spiro atoms. The second-order valence-corrected chi connectivity index (χ2v) is 6.97. The molecule has 1 saturated carbocycles. The van der Waals surface area contributed by atoms with Crippen molar-refractivity contribution in [2.45, 2.75) is 31.8 Å². The molecule has 3 rings (SSSR count). The SMILES string of the molecule is O=C(NCC1CC1)C1CCCN(CC(O)c2ccc(F)cc2F)C1. The van der Waals surface area contributed by atoms with E-state index in [4.69, 9.17) is 0 Å². The number of rotatable bonds is 6. The van der Waals surface area contributed by atoms with Crippen molar-refractivity contribution < 1.29 is 18.7 Å². The minimum absolute atomic E-state index is 0.0778. The molecule has 2 fully saturated rings. The number of nitrogens with zero attached hydrogens (tertiary/aromatic N) is 1. The number of hydrogen-bond donors (Lipinski definition) is 2. The van der Waals surface area contributed by atoms with Gasteiger partial charge in [0.05, 0.1) is 12.0 Å². The highest BCUT2D eigenvalue weighted by Crippen LogP contribution is 2.28. The Morgan fingerprint density at radius 3 is 2.83 bits per heavy atom. The van der Waals surface area contributed by atoms with Crippen LogP contribution in [0.1, 0.15) is 37.4 Å². The third-order valence-electron chi connectivity index (χ3n) is 4.89. The number of likely N-dealkylation sites (tertiary alicyclic amines) is 1. The minimum atomic E-state index is -1.03. The predicted molar refractivity (Wildman–Crippen MR) is 86.2 cm³/mol. The highest BCUT2D eigenvalue weighted by atomic mass is 19.1. The molecular formula is C18H24F2N2O2. The summed E-state index contributed by atoms with van der Waals surface area (Å²) in [5.41, 5.74) is 0.0942. The van der Waals surface area contributed by atoms with Gasteiger partial charge in [0.2, 0.25) is 5.91 Å². The number of amides is 1. The zero-order valence-corrected chi connectivity index (χ0v) is 13.7. The van der Waals surface area contributed by atoms with Gasteiger partial charge in [0.1, 0.15) is 11.6 Å². The molecule has 6 heteroatoms. The Morgan fingerprint density at radius 2 is 2.12 bits per heavy atom. The van der Waals surface area contributed by atoms with E-state index in [-0.39, 0.29) is 23.9 Å². The number of piperidine rings is 1. The van der Waals surface area contributed by atoms with E-state index in [9.17, 15) is 18.7 Å². The molecule has 2 N–H and O–H groups in total. The molecule has 132 valence electrons. The van der Waals surface area contributed by atoms with Gasteiger partial charge in [-0.1, -0.05) is 6.07 Å². The molecule has 0 aromatic heterocycles. The summed E-state index contributed by atoms with van der Waals surface area (Å²) >= 11 is 0. The molecule has 1 aromatic carbocycles. The van der Waals surface area contributed by atoms with Crippen LogP contribution in [-0.4, -0.2) is 42.1 Å². The second kappa shape index (κ2) is 7.57. The average molecular weight is 338 g/mol. The molecule has 4 nitrogen and oxygen atoms in total. The summed E-state index contributed by atoms with van der Waals surface area (Å²) < 4.78 is 26.7. The molecule has 1 saturated heterocycles. The lowest BCUT2D eigenvalue weighted by Gasteiger charge is -2.33. The van der Waals surface area contributed by atoms with Crippen molar-refractivity contribution in [3.63, 3.8) is 0 Å². The van der Waals surface area contributed by atoms with Crippen LogP contribution in [0.25, 0.3) is 0 Å². The molecule has 1 heterocycles. The maximum absolute atomic E-state index is 13.8. The van der Waals surface area contributed by atoms with Crippen LogP contribution in [0.4, 0.5) is 8.78 Å². The van der Waals surface area contributed by atoms with Crippen molar-refractivity contribution in [2.75, 3.05) is 26.2 Å². The molecular weight excluding hydrogens is 314 g/mol. The summed E-state index contributed by atoms with van der Waals surface area (Å²) in [5.74, 6) is -0.749. The fraction of sp³-hybridized carbons (Fsp3) is 0.611. The fourth-order valence-corrected chi connectivity index (χ4v) is 3.26. The van der Waals surface area contributed by atoms with Crippen molar-refractivity contribution in [1.29, 1.82) is 0 Å². The Bertz CT molecular complexity index is 592. The summed E-state index contributed by atoms with van der Waals surface area (Å²) in [6.07, 6.45) is 3.09. The van der Waals surface area contributed by atoms with Crippen LogP contribution in [0, 0.1) is 23.5 Å². The van der Waals surface area contributed by atoms with Crippen LogP contribution >= 0.6 is 0 Å². The number of β-amino-alcohol motifs (C(OH)–C–C–N with tert-alkyl or cyclic N) is 1. The van der Waals surface area contributed by atoms with Crippen molar-refractivity contribution in [3.8, 4) is 0 Å². The molecule has 0 bridgehead atoms. The van der Waals surface area contributed by atoms with Gasteiger partial charge in [-0.05, 0) is 44.2 Å². The van der Waals surface area contributed by atoms with Crippen LogP contribution < -0.4 is 5.32 Å². The molecule has 2 atom stereocenters. The number of nitrogens with one attached hydrogen (secondary N) is 1. The normalized spacial score (nSPS) is 23.0. The minimum Gasteiger partial charge on any atom is -0.387 e. The Kier molecular flexibility index (Phi) is 5.46. The summed E-state index contributed by atoms with van der Waals surface area (Å²) in [7, 11) is 0. The smallest absolute Gasteiger partial charge is 0.224 e. The summed E-state index contributed by atoms with van der Waals surface area (Å²) in [5, 5.41) is 13.3. The summed E-state index contributed by atoms with van der Waals surface area (Å²) in [4.78, 5) is 14.2. The topological polar surface area (TPSA) is 52.6 Å². The van der Waals surface area contributed by atoms with Crippen molar-refractivity contribution in [3.05, 3.63) is 35.4 Å². The van der Waals surface area contributed by atoms with E-state index in [0.717, 1.165) is 38.1 Å². The third kappa shape index (κ3) is 4.51. The van der Waals surface area contributed by atoms with Crippen LogP contribution in [0.3, 0.4) is 0 Å². The Morgan fingerprint density at radius 1 is 1.33 bits per heavy atom. The molecule has 1 aliphatic heterocycles. The van der Waals surface area contributed by atoms with E-state index in [1.807, 2.05) is 4.90 Å². The van der Waals surface area contributed by atoms with E-state index < -0.39 is 17.7 Å². The van der Waals surface area contributed by atoms with Gasteiger partial charge in [0, 0.05) is 31.3 Å². The van der Waals surface area contributed by atoms with Crippen molar-refractivity contribution in [2.24, 2.45) is 11.8 Å². The van der Waals surface area contributed by atoms with Crippen LogP contribution in [-0.2, 0) is 4.79 Å². The molecule has 0 radical (unpaired) electrons. The first kappa shape index (κ1) is 17.3. The van der Waals surface area contributed by atoms with Gasteiger partial charge in [-0.25, -0.2) is 8.78 Å². The molecule has 1 aromatic rings. The first-order valence-corrected chi connectivity index (χ1v) is 8.66. The van der Waals surface area contributed by atoms with Crippen LogP contribution in [0.5, 0.6) is 0 Å². The molecule has 2 unspecified atom stereocenters. The van der Waals surface area contributed by atoms with E-state index in [1.165, 1.54) is 18.9 Å². The Hall–Kier alpha value is -1.53. The number of halogens is 2. The lowest BCUT2D eigenvalue weighted by Crippen LogP contribution is -2.44. The highest BCUT2D eigenvalue weighted by molar-refractivity contribution is 5.79. The van der Waals surface area contributed by atoms with Gasteiger partial charge in [0.15, 0.2) is 0 Å². The standard InChI is InChI=1S/C18H24F2N2O2/c19-14-5-6-15(16(20)8-14)17(23)11-22-7-1-2-13(10-22)18(24)21-9-12-3-4-12/h5-6,8,12-13,17,23H,1-4,7,9-11H2,(H,21,24). The zero-order chi connectivity index (χ0) is 17.1. The Balaban J connectivity index is 1.53. The largest absolute Gasteiger partial charge is 0.387 e. The van der Waals surface area contributed by atoms with Gasteiger partial charge in [-0.3, -0.25) is 9.69 Å². The molecule has 1 aliphatic carbocycles. The zero-order valence-electron chi connectivity index (χ0n) is 13.7. The quantitative estimate of drug-likeness (QED) is 0.836. The number of carbonyl (C=O) groups excluding carboxylic acids is 1. The number of benzene rings is 1.